The molecule has 0 N–H and O–H groups in total. The number of benzene rings is 1. The second-order valence-corrected chi connectivity index (χ2v) is 9.31. The highest BCUT2D eigenvalue weighted by atomic mass is 32.2. The molecule has 2 aliphatic rings. The molecule has 2 fully saturated rings. The molecule has 0 bridgehead atoms. The minimum atomic E-state index is -3.98. The molecule has 0 aromatic heterocycles. The molecule has 0 aliphatic carbocycles. The molecule has 0 saturated carbocycles. The number of amides is 1. The van der Waals surface area contributed by atoms with E-state index in [1.165, 1.54) is 28.6 Å². The van der Waals surface area contributed by atoms with Gasteiger partial charge in [0.05, 0.1) is 17.1 Å². The molecule has 1 aromatic rings. The Balaban J connectivity index is 1.68. The van der Waals surface area contributed by atoms with Crippen LogP contribution in [0, 0.1) is 16.0 Å². The zero-order valence-electron chi connectivity index (χ0n) is 16.0. The summed E-state index contributed by atoms with van der Waals surface area (Å²) in [5.74, 6) is -0.209. The van der Waals surface area contributed by atoms with Crippen LogP contribution < -0.4 is 0 Å². The number of hydrogen-bond donors (Lipinski definition) is 0. The van der Waals surface area contributed by atoms with Crippen molar-refractivity contribution in [2.75, 3.05) is 26.2 Å². The van der Waals surface area contributed by atoms with Crippen LogP contribution in [-0.2, 0) is 19.6 Å². The van der Waals surface area contributed by atoms with Crippen LogP contribution in [0.3, 0.4) is 0 Å². The predicted molar refractivity (Wildman–Crippen MR) is 101 cm³/mol. The Kier molecular flexibility index (Phi) is 6.01. The number of hydrogen-bond acceptors (Lipinski definition) is 6. The van der Waals surface area contributed by atoms with Gasteiger partial charge in [-0.05, 0) is 32.8 Å². The minimum Gasteiger partial charge on any atom is -0.372 e. The molecular weight excluding hydrogens is 386 g/mol. The minimum absolute atomic E-state index is 0.0215. The van der Waals surface area contributed by atoms with Gasteiger partial charge in [0, 0.05) is 38.2 Å². The summed E-state index contributed by atoms with van der Waals surface area (Å²) < 4.78 is 32.7. The highest BCUT2D eigenvalue weighted by Crippen LogP contribution is 2.30. The third kappa shape index (κ3) is 4.18. The number of nitro benzene ring substituents is 1. The van der Waals surface area contributed by atoms with Crippen molar-refractivity contribution in [2.24, 2.45) is 5.92 Å². The largest absolute Gasteiger partial charge is 0.372 e. The first-order chi connectivity index (χ1) is 13.2. The maximum absolute atomic E-state index is 12.9. The summed E-state index contributed by atoms with van der Waals surface area (Å²) in [6, 6.07) is 5.34. The number of morpholine rings is 1. The first kappa shape index (κ1) is 20.7. The molecule has 2 saturated heterocycles. The molecule has 2 heterocycles. The van der Waals surface area contributed by atoms with Crippen LogP contribution in [0.25, 0.3) is 0 Å². The molecular formula is C18H25N3O6S. The van der Waals surface area contributed by atoms with Crippen molar-refractivity contribution in [3.8, 4) is 0 Å². The van der Waals surface area contributed by atoms with E-state index in [0.29, 0.717) is 25.9 Å². The summed E-state index contributed by atoms with van der Waals surface area (Å²) in [4.78, 5) is 24.8. The molecule has 9 nitrogen and oxygen atoms in total. The fourth-order valence-corrected chi connectivity index (χ4v) is 5.55. The molecule has 0 unspecified atom stereocenters. The Labute approximate surface area is 164 Å². The zero-order chi connectivity index (χ0) is 20.5. The van der Waals surface area contributed by atoms with Crippen molar-refractivity contribution in [2.45, 2.75) is 43.8 Å². The van der Waals surface area contributed by atoms with E-state index < -0.39 is 20.6 Å². The van der Waals surface area contributed by atoms with Crippen molar-refractivity contribution in [1.29, 1.82) is 0 Å². The predicted octanol–water partition coefficient (Wildman–Crippen LogP) is 1.63. The Morgan fingerprint density at radius 2 is 1.71 bits per heavy atom. The molecule has 3 rings (SSSR count). The molecule has 1 aromatic carbocycles. The molecule has 154 valence electrons. The van der Waals surface area contributed by atoms with Gasteiger partial charge in [-0.15, -0.1) is 0 Å². The monoisotopic (exact) mass is 411 g/mol. The van der Waals surface area contributed by atoms with E-state index >= 15 is 0 Å². The Morgan fingerprint density at radius 3 is 2.29 bits per heavy atom. The molecule has 0 spiro atoms. The van der Waals surface area contributed by atoms with E-state index in [1.807, 2.05) is 13.8 Å². The Hall–Kier alpha value is -2.04. The van der Waals surface area contributed by atoms with Gasteiger partial charge in [-0.2, -0.15) is 4.31 Å². The van der Waals surface area contributed by atoms with Gasteiger partial charge in [-0.3, -0.25) is 14.9 Å². The normalized spacial score (nSPS) is 24.9. The van der Waals surface area contributed by atoms with Gasteiger partial charge in [0.25, 0.3) is 5.69 Å². The van der Waals surface area contributed by atoms with Crippen LogP contribution in [0.1, 0.15) is 26.7 Å². The van der Waals surface area contributed by atoms with Gasteiger partial charge in [0.1, 0.15) is 0 Å². The quantitative estimate of drug-likeness (QED) is 0.550. The number of sulfonamides is 1. The van der Waals surface area contributed by atoms with E-state index in [-0.39, 0.29) is 42.0 Å². The summed E-state index contributed by atoms with van der Waals surface area (Å²) in [5.41, 5.74) is -0.433. The van der Waals surface area contributed by atoms with E-state index in [9.17, 15) is 23.3 Å². The van der Waals surface area contributed by atoms with Gasteiger partial charge in [0.2, 0.25) is 15.9 Å². The van der Waals surface area contributed by atoms with Gasteiger partial charge in [0.15, 0.2) is 4.90 Å². The number of nitro groups is 1. The number of carbonyl (C=O) groups is 1. The van der Waals surface area contributed by atoms with Gasteiger partial charge < -0.3 is 9.64 Å². The number of ether oxygens (including phenoxy) is 1. The second-order valence-electron chi connectivity index (χ2n) is 7.40. The summed E-state index contributed by atoms with van der Waals surface area (Å²) in [7, 11) is -3.98. The molecule has 28 heavy (non-hydrogen) atoms. The van der Waals surface area contributed by atoms with Crippen LogP contribution in [-0.4, -0.2) is 66.8 Å². The van der Waals surface area contributed by atoms with Crippen LogP contribution in [0.4, 0.5) is 5.69 Å². The lowest BCUT2D eigenvalue weighted by Gasteiger charge is -2.39. The topological polar surface area (TPSA) is 110 Å². The van der Waals surface area contributed by atoms with Crippen molar-refractivity contribution >= 4 is 21.6 Å². The van der Waals surface area contributed by atoms with Crippen molar-refractivity contribution in [1.82, 2.24) is 9.21 Å². The fourth-order valence-electron chi connectivity index (χ4n) is 3.92. The van der Waals surface area contributed by atoms with Crippen molar-refractivity contribution in [3.63, 3.8) is 0 Å². The van der Waals surface area contributed by atoms with Gasteiger partial charge in [-0.1, -0.05) is 12.1 Å². The molecule has 2 atom stereocenters. The van der Waals surface area contributed by atoms with E-state index in [1.54, 1.807) is 4.90 Å². The van der Waals surface area contributed by atoms with Crippen LogP contribution in [0.15, 0.2) is 29.2 Å². The molecule has 1 amide bonds. The van der Waals surface area contributed by atoms with Gasteiger partial charge >= 0.3 is 0 Å². The lowest BCUT2D eigenvalue weighted by Crippen LogP contribution is -2.51. The van der Waals surface area contributed by atoms with Crippen molar-refractivity contribution < 1.29 is 22.9 Å². The van der Waals surface area contributed by atoms with Crippen LogP contribution in [0.5, 0.6) is 0 Å². The fraction of sp³-hybridized carbons (Fsp3) is 0.611. The van der Waals surface area contributed by atoms with Crippen LogP contribution in [0.2, 0.25) is 0 Å². The first-order valence-electron chi connectivity index (χ1n) is 9.38. The summed E-state index contributed by atoms with van der Waals surface area (Å²) in [6.07, 6.45) is 0.760. The number of piperidine rings is 1. The third-order valence-corrected chi connectivity index (χ3v) is 7.16. The first-order valence-corrected chi connectivity index (χ1v) is 10.8. The summed E-state index contributed by atoms with van der Waals surface area (Å²) >= 11 is 0. The molecule has 2 aliphatic heterocycles. The van der Waals surface area contributed by atoms with Gasteiger partial charge in [-0.25, -0.2) is 8.42 Å². The average molecular weight is 411 g/mol. The zero-order valence-corrected chi connectivity index (χ0v) is 16.8. The average Bonchev–Trinajstić information content (AvgIpc) is 2.66. The standard InChI is InChI=1S/C18H25N3O6S/c1-13-11-19(12-14(2)27-13)18(22)15-7-9-20(10-8-15)28(25,26)17-6-4-3-5-16(17)21(23)24/h3-6,13-15H,7-12H2,1-2H3/t13-,14-/m1/s1. The maximum atomic E-state index is 12.9. The Morgan fingerprint density at radius 1 is 1.14 bits per heavy atom. The lowest BCUT2D eigenvalue weighted by atomic mass is 9.96. The van der Waals surface area contributed by atoms with Crippen LogP contribution >= 0.6 is 0 Å². The summed E-state index contributed by atoms with van der Waals surface area (Å²) in [5, 5.41) is 11.2. The molecule has 10 heteroatoms. The Bertz CT molecular complexity index is 841. The highest BCUT2D eigenvalue weighted by molar-refractivity contribution is 7.89. The SMILES string of the molecule is C[C@@H]1CN(C(=O)C2CCN(S(=O)(=O)c3ccccc3[N+](=O)[O-])CC2)C[C@@H](C)O1. The smallest absolute Gasteiger partial charge is 0.289 e. The van der Waals surface area contributed by atoms with Crippen molar-refractivity contribution in [3.05, 3.63) is 34.4 Å². The third-order valence-electron chi connectivity index (χ3n) is 5.21. The molecule has 0 radical (unpaired) electrons. The number of para-hydroxylation sites is 1. The second kappa shape index (κ2) is 8.14. The summed E-state index contributed by atoms with van der Waals surface area (Å²) in [6.45, 7) is 5.27. The number of nitrogens with zero attached hydrogens (tertiary/aromatic N) is 3. The highest BCUT2D eigenvalue weighted by Gasteiger charge is 2.37. The van der Waals surface area contributed by atoms with E-state index in [2.05, 4.69) is 0 Å². The van der Waals surface area contributed by atoms with E-state index in [0.717, 1.165) is 0 Å². The van der Waals surface area contributed by atoms with E-state index in [4.69, 9.17) is 4.74 Å². The number of rotatable bonds is 4. The number of carbonyl (C=O) groups excluding carboxylic acids is 1. The maximum Gasteiger partial charge on any atom is 0.289 e. The lowest BCUT2D eigenvalue weighted by molar-refractivity contribution is -0.387.